The van der Waals surface area contributed by atoms with Gasteiger partial charge in [0.05, 0.1) is 5.56 Å². The Balaban J connectivity index is 0.000000129. The van der Waals surface area contributed by atoms with Gasteiger partial charge in [-0.05, 0) is 175 Å². The van der Waals surface area contributed by atoms with E-state index in [2.05, 4.69) is 45.0 Å². The topological polar surface area (TPSA) is 224 Å². The highest BCUT2D eigenvalue weighted by Gasteiger charge is 2.19. The fourth-order valence-electron chi connectivity index (χ4n) is 10.3. The predicted molar refractivity (Wildman–Crippen MR) is 338 cm³/mol. The number of phenols is 5. The third-order valence-electron chi connectivity index (χ3n) is 14.7. The Kier molecular flexibility index (Phi) is 17.3. The van der Waals surface area contributed by atoms with Gasteiger partial charge in [-0.25, -0.2) is 9.18 Å². The van der Waals surface area contributed by atoms with Gasteiger partial charge >= 0.3 is 5.97 Å². The molecule has 13 rings (SSSR count). The van der Waals surface area contributed by atoms with Gasteiger partial charge in [0.1, 0.15) is 66.0 Å². The number of aromatic carboxylic acids is 1. The van der Waals surface area contributed by atoms with E-state index in [0.29, 0.717) is 72.5 Å². The Bertz CT molecular complexity index is 4730. The molecule has 86 heavy (non-hydrogen) atoms. The molecule has 0 amide bonds. The van der Waals surface area contributed by atoms with Crippen molar-refractivity contribution in [3.8, 4) is 28.7 Å². The zero-order valence-electron chi connectivity index (χ0n) is 46.9. The lowest BCUT2D eigenvalue weighted by Crippen LogP contribution is -2.11. The van der Waals surface area contributed by atoms with Crippen molar-refractivity contribution in [2.75, 3.05) is 0 Å². The number of phenolic OH excluding ortho intramolecular Hbond substituents is 5. The van der Waals surface area contributed by atoms with Crippen LogP contribution in [-0.4, -0.2) is 68.0 Å². The molecule has 0 atom stereocenters. The molecule has 0 bridgehead atoms. The molecule has 0 fully saturated rings. The molecule has 12 nitrogen and oxygen atoms in total. The Morgan fingerprint density at radius 3 is 1.34 bits per heavy atom. The van der Waals surface area contributed by atoms with Crippen molar-refractivity contribution in [3.05, 3.63) is 244 Å². The van der Waals surface area contributed by atoms with Gasteiger partial charge in [0.15, 0.2) is 0 Å². The Morgan fingerprint density at radius 2 is 0.779 bits per heavy atom. The zero-order chi connectivity index (χ0) is 61.6. The van der Waals surface area contributed by atoms with E-state index in [1.807, 2.05) is 49.4 Å². The van der Waals surface area contributed by atoms with Gasteiger partial charge in [0.25, 0.3) is 0 Å². The van der Waals surface area contributed by atoms with Crippen molar-refractivity contribution in [1.82, 2.24) is 0 Å². The Labute approximate surface area is 491 Å². The summed E-state index contributed by atoms with van der Waals surface area (Å²) >= 11 is 0. The quantitative estimate of drug-likeness (QED) is 0.0520. The minimum absolute atomic E-state index is 0.00561. The average Bonchev–Trinajstić information content (AvgIpc) is 1.01. The molecule has 0 saturated carbocycles. The molecule has 0 radical (unpaired) electrons. The van der Waals surface area contributed by atoms with E-state index in [-0.39, 0.29) is 45.5 Å². The first-order chi connectivity index (χ1) is 41.2. The monoisotopic (exact) mass is 1140 g/mol. The number of benzene rings is 13. The third-order valence-corrected chi connectivity index (χ3v) is 14.7. The third kappa shape index (κ3) is 12.5. The highest BCUT2D eigenvalue weighted by Crippen LogP contribution is 2.43. The summed E-state index contributed by atoms with van der Waals surface area (Å²) in [6.07, 6.45) is 3.83. The van der Waals surface area contributed by atoms with Gasteiger partial charge < -0.3 is 30.6 Å². The van der Waals surface area contributed by atoms with E-state index in [9.17, 15) is 58.7 Å². The standard InChI is InChI=1S/C16H11FO2.C15H10O4.C15H16O2.C15H10O.C12H8O3/c1-9-12-4-2-10(8-18)6-15(12)16(17)13-5-3-11(19)7-14(9)13;16-7-8-1-3-10-12(5-8)14(18)11-4-2-9(17)6-13(11)15(10)19;1-15(2,3)13-6-7-14(17)12-8-10(9-16)4-5-11(12)13;16-10-11-5-6-14-8-12-3-1-2-4-13(12)9-15(14)7-11;13-7-8-1-2-10-6-11(12(14)15)4-3-9(10)5-8/h2-8,19H,1H3;1-7,17-19H;4-9,17H,1-3H3;1-10H;1-7H,(H,14,15). The largest absolute Gasteiger partial charge is 0.508 e. The fraction of sp³-hybridized carbons (Fsp3) is 0.0685. The maximum absolute atomic E-state index is 14.5. The molecule has 6 N–H and O–H groups in total. The van der Waals surface area contributed by atoms with E-state index in [4.69, 9.17) is 5.11 Å². The predicted octanol–water partition coefficient (Wildman–Crippen LogP) is 16.7. The second-order valence-electron chi connectivity index (χ2n) is 21.4. The highest BCUT2D eigenvalue weighted by molar-refractivity contribution is 6.12. The van der Waals surface area contributed by atoms with Gasteiger partial charge in [0.2, 0.25) is 0 Å². The summed E-state index contributed by atoms with van der Waals surface area (Å²) in [6.45, 7) is 8.27. The van der Waals surface area contributed by atoms with Crippen molar-refractivity contribution < 1.29 is 63.8 Å². The Morgan fingerprint density at radius 1 is 0.372 bits per heavy atom. The van der Waals surface area contributed by atoms with Gasteiger partial charge in [0, 0.05) is 65.5 Å². The Hall–Kier alpha value is -11.3. The zero-order valence-corrected chi connectivity index (χ0v) is 46.9. The van der Waals surface area contributed by atoms with Crippen LogP contribution in [0.3, 0.4) is 0 Å². The van der Waals surface area contributed by atoms with Gasteiger partial charge in [-0.2, -0.15) is 0 Å². The number of hydrogen-bond acceptors (Lipinski definition) is 11. The summed E-state index contributed by atoms with van der Waals surface area (Å²) in [4.78, 5) is 64.3. The lowest BCUT2D eigenvalue weighted by atomic mass is 9.83. The van der Waals surface area contributed by atoms with E-state index in [0.717, 1.165) is 62.3 Å². The van der Waals surface area contributed by atoms with Crippen LogP contribution in [0, 0.1) is 12.7 Å². The van der Waals surface area contributed by atoms with Crippen LogP contribution in [0.2, 0.25) is 0 Å². The van der Waals surface area contributed by atoms with Gasteiger partial charge in [-0.15, -0.1) is 0 Å². The molecule has 0 aliphatic carbocycles. The van der Waals surface area contributed by atoms with Crippen LogP contribution < -0.4 is 0 Å². The first-order valence-corrected chi connectivity index (χ1v) is 26.9. The van der Waals surface area contributed by atoms with Crippen molar-refractivity contribution in [3.63, 3.8) is 0 Å². The maximum Gasteiger partial charge on any atom is 0.335 e. The summed E-state index contributed by atoms with van der Waals surface area (Å²) in [7, 11) is 0. The maximum atomic E-state index is 14.5. The van der Waals surface area contributed by atoms with Crippen molar-refractivity contribution in [2.24, 2.45) is 0 Å². The molecule has 0 saturated heterocycles. The molecule has 0 unspecified atom stereocenters. The summed E-state index contributed by atoms with van der Waals surface area (Å²) in [5.41, 5.74) is 5.08. The first-order valence-electron chi connectivity index (χ1n) is 26.9. The molecule has 0 spiro atoms. The number of carboxylic acids is 1. The van der Waals surface area contributed by atoms with E-state index in [1.54, 1.807) is 91.0 Å². The van der Waals surface area contributed by atoms with Crippen LogP contribution in [0.5, 0.6) is 28.7 Å². The van der Waals surface area contributed by atoms with Gasteiger partial charge in [-0.1, -0.05) is 112 Å². The second kappa shape index (κ2) is 25.0. The second-order valence-corrected chi connectivity index (χ2v) is 21.4. The lowest BCUT2D eigenvalue weighted by Gasteiger charge is -2.21. The lowest BCUT2D eigenvalue weighted by molar-refractivity contribution is 0.0696. The summed E-state index contributed by atoms with van der Waals surface area (Å²) < 4.78 is 14.5. The SMILES string of the molecule is CC(C)(C)c1ccc(O)c2cc(C=O)ccc12.Cc1c2cc(O)ccc2c(F)c2cc(C=O)ccc12.O=Cc1ccc2c(O)c3cc(O)ccc3c(O)c2c1.O=Cc1ccc2cc(C(=O)O)ccc2c1.O=Cc1ccc2cc3ccccc3cc2c1. The normalized spacial score (nSPS) is 10.9. The molecule has 0 aromatic heterocycles. The van der Waals surface area contributed by atoms with Crippen LogP contribution in [-0.2, 0) is 5.41 Å². The molecular formula is C73H55FO12. The number of carbonyl (C=O) groups excluding carboxylic acids is 5. The van der Waals surface area contributed by atoms with E-state index < -0.39 is 5.97 Å². The van der Waals surface area contributed by atoms with Crippen LogP contribution >= 0.6 is 0 Å². The number of aryl methyl sites for hydroxylation is 1. The molecule has 0 aliphatic rings. The van der Waals surface area contributed by atoms with Crippen LogP contribution in [0.15, 0.2) is 194 Å². The van der Waals surface area contributed by atoms with Crippen molar-refractivity contribution >= 4 is 124 Å². The van der Waals surface area contributed by atoms with Crippen molar-refractivity contribution in [1.29, 1.82) is 0 Å². The number of rotatable bonds is 6. The average molecular weight is 1140 g/mol. The molecular weight excluding hydrogens is 1090 g/mol. The van der Waals surface area contributed by atoms with Gasteiger partial charge in [-0.3, -0.25) is 24.0 Å². The summed E-state index contributed by atoms with van der Waals surface area (Å²) in [5.74, 6) is -1.03. The fourth-order valence-corrected chi connectivity index (χ4v) is 10.3. The van der Waals surface area contributed by atoms with E-state index >= 15 is 0 Å². The van der Waals surface area contributed by atoms with E-state index in [1.165, 1.54) is 58.1 Å². The van der Waals surface area contributed by atoms with Crippen LogP contribution in [0.4, 0.5) is 4.39 Å². The molecule has 13 heteroatoms. The molecule has 0 heterocycles. The number of aldehydes is 5. The van der Waals surface area contributed by atoms with Crippen LogP contribution in [0.25, 0.3) is 86.2 Å². The number of fused-ring (bicyclic) bond motifs is 8. The number of carbonyl (C=O) groups is 6. The number of halogens is 1. The number of aromatic hydroxyl groups is 5. The smallest absolute Gasteiger partial charge is 0.335 e. The van der Waals surface area contributed by atoms with Crippen LogP contribution in [0.1, 0.15) is 94.0 Å². The summed E-state index contributed by atoms with van der Waals surface area (Å²) in [6, 6.07) is 55.8. The molecule has 13 aromatic carbocycles. The summed E-state index contributed by atoms with van der Waals surface area (Å²) in [5, 5.41) is 70.2. The number of carboxylic acid groups (broad SMARTS) is 1. The highest BCUT2D eigenvalue weighted by atomic mass is 19.1. The molecule has 426 valence electrons. The molecule has 0 aliphatic heterocycles. The molecule has 13 aromatic rings. The number of hydrogen-bond donors (Lipinski definition) is 6. The first kappa shape index (κ1) is 59.3. The minimum atomic E-state index is -0.948. The van der Waals surface area contributed by atoms with Crippen molar-refractivity contribution in [2.45, 2.75) is 33.1 Å². The minimum Gasteiger partial charge on any atom is -0.508 e.